The van der Waals surface area contributed by atoms with Crippen molar-refractivity contribution >= 4 is 0 Å². The molecule has 70 valence electrons. The summed E-state index contributed by atoms with van der Waals surface area (Å²) in [6.07, 6.45) is 4.71. The smallest absolute Gasteiger partial charge is 0.0614 e. The molecule has 0 spiro atoms. The van der Waals surface area contributed by atoms with Crippen molar-refractivity contribution in [1.82, 2.24) is 0 Å². The van der Waals surface area contributed by atoms with E-state index in [1.165, 1.54) is 0 Å². The predicted octanol–water partition coefficient (Wildman–Crippen LogP) is 1.30. The molecule has 1 fully saturated rings. The Balaban J connectivity index is 2.80. The Hall–Kier alpha value is -0.340. The highest BCUT2D eigenvalue weighted by molar-refractivity contribution is 5.01. The van der Waals surface area contributed by atoms with Crippen LogP contribution in [0.15, 0.2) is 12.7 Å². The lowest BCUT2D eigenvalue weighted by Gasteiger charge is -2.35. The molecule has 0 amide bonds. The van der Waals surface area contributed by atoms with Gasteiger partial charge >= 0.3 is 0 Å². The van der Waals surface area contributed by atoms with E-state index in [0.717, 1.165) is 19.3 Å². The topological polar surface area (TPSA) is 46.2 Å². The highest BCUT2D eigenvalue weighted by Gasteiger charge is 2.43. The maximum atomic E-state index is 9.81. The van der Waals surface area contributed by atoms with Crippen LogP contribution in [0.25, 0.3) is 0 Å². The van der Waals surface area contributed by atoms with Crippen molar-refractivity contribution in [2.45, 2.75) is 32.3 Å². The number of allylic oxidation sites excluding steroid dienone is 1. The standard InChI is InChI=1S/C10H19NO/c1-3-8(2)10(7-11)6-4-5-9(10)12/h3,8-9,12H,1,4-7,11H2,2H3. The van der Waals surface area contributed by atoms with E-state index in [-0.39, 0.29) is 11.5 Å². The second kappa shape index (κ2) is 3.58. The quantitative estimate of drug-likeness (QED) is 0.625. The fourth-order valence-electron chi connectivity index (χ4n) is 2.27. The molecule has 0 radical (unpaired) electrons. The van der Waals surface area contributed by atoms with Gasteiger partial charge in [-0.3, -0.25) is 0 Å². The second-order valence-electron chi connectivity index (χ2n) is 3.87. The number of hydrogen-bond donors (Lipinski definition) is 2. The fourth-order valence-corrected chi connectivity index (χ4v) is 2.27. The molecule has 2 heteroatoms. The molecule has 0 aromatic rings. The molecule has 3 N–H and O–H groups in total. The SMILES string of the molecule is C=CC(C)C1(CN)CCCC1O. The van der Waals surface area contributed by atoms with Crippen molar-refractivity contribution < 1.29 is 5.11 Å². The number of aliphatic hydroxyl groups is 1. The minimum absolute atomic E-state index is 0.0816. The Morgan fingerprint density at radius 2 is 2.50 bits per heavy atom. The van der Waals surface area contributed by atoms with Crippen molar-refractivity contribution in [1.29, 1.82) is 0 Å². The lowest BCUT2D eigenvalue weighted by Crippen LogP contribution is -2.42. The molecule has 2 nitrogen and oxygen atoms in total. The summed E-state index contributed by atoms with van der Waals surface area (Å²) in [6.45, 7) is 6.43. The van der Waals surface area contributed by atoms with Crippen LogP contribution in [0.4, 0.5) is 0 Å². The normalized spacial score (nSPS) is 38.1. The summed E-state index contributed by atoms with van der Waals surface area (Å²) in [4.78, 5) is 0. The van der Waals surface area contributed by atoms with Crippen molar-refractivity contribution in [2.75, 3.05) is 6.54 Å². The Labute approximate surface area is 74.5 Å². The molecule has 1 rings (SSSR count). The Bertz CT molecular complexity index is 169. The van der Waals surface area contributed by atoms with E-state index in [1.807, 2.05) is 6.08 Å². The number of aliphatic hydroxyl groups excluding tert-OH is 1. The third kappa shape index (κ3) is 1.29. The third-order valence-electron chi connectivity index (χ3n) is 3.42. The average molecular weight is 169 g/mol. The minimum Gasteiger partial charge on any atom is -0.392 e. The predicted molar refractivity (Wildman–Crippen MR) is 50.7 cm³/mol. The van der Waals surface area contributed by atoms with E-state index < -0.39 is 0 Å². The van der Waals surface area contributed by atoms with Crippen LogP contribution in [-0.2, 0) is 0 Å². The maximum absolute atomic E-state index is 9.81. The molecule has 3 atom stereocenters. The van der Waals surface area contributed by atoms with Gasteiger partial charge in [0.25, 0.3) is 0 Å². The van der Waals surface area contributed by atoms with Gasteiger partial charge in [0.15, 0.2) is 0 Å². The van der Waals surface area contributed by atoms with Crippen LogP contribution in [0.2, 0.25) is 0 Å². The number of hydrogen-bond acceptors (Lipinski definition) is 2. The molecule has 0 saturated heterocycles. The Morgan fingerprint density at radius 1 is 1.83 bits per heavy atom. The molecular weight excluding hydrogens is 150 g/mol. The van der Waals surface area contributed by atoms with Crippen molar-refractivity contribution in [3.05, 3.63) is 12.7 Å². The van der Waals surface area contributed by atoms with Crippen molar-refractivity contribution in [3.8, 4) is 0 Å². The van der Waals surface area contributed by atoms with Gasteiger partial charge in [0.1, 0.15) is 0 Å². The third-order valence-corrected chi connectivity index (χ3v) is 3.42. The van der Waals surface area contributed by atoms with Crippen LogP contribution >= 0.6 is 0 Å². The fraction of sp³-hybridized carbons (Fsp3) is 0.800. The van der Waals surface area contributed by atoms with Gasteiger partial charge in [0.2, 0.25) is 0 Å². The summed E-state index contributed by atoms with van der Waals surface area (Å²) in [5, 5.41) is 9.81. The largest absolute Gasteiger partial charge is 0.392 e. The minimum atomic E-state index is -0.226. The average Bonchev–Trinajstić information content (AvgIpc) is 2.46. The summed E-state index contributed by atoms with van der Waals surface area (Å²) < 4.78 is 0. The van der Waals surface area contributed by atoms with Gasteiger partial charge in [-0.05, 0) is 18.8 Å². The van der Waals surface area contributed by atoms with Crippen LogP contribution in [0.5, 0.6) is 0 Å². The first-order valence-corrected chi connectivity index (χ1v) is 4.68. The first kappa shape index (κ1) is 9.75. The monoisotopic (exact) mass is 169 g/mol. The zero-order valence-electron chi connectivity index (χ0n) is 7.79. The first-order valence-electron chi connectivity index (χ1n) is 4.68. The molecule has 0 aliphatic heterocycles. The van der Waals surface area contributed by atoms with Crippen LogP contribution in [0.3, 0.4) is 0 Å². The van der Waals surface area contributed by atoms with Gasteiger partial charge in [-0.1, -0.05) is 19.4 Å². The van der Waals surface area contributed by atoms with E-state index in [1.54, 1.807) is 0 Å². The summed E-state index contributed by atoms with van der Waals surface area (Å²) in [7, 11) is 0. The molecule has 1 aliphatic rings. The summed E-state index contributed by atoms with van der Waals surface area (Å²) in [5.74, 6) is 0.319. The second-order valence-corrected chi connectivity index (χ2v) is 3.87. The summed E-state index contributed by atoms with van der Waals surface area (Å²) >= 11 is 0. The molecule has 0 bridgehead atoms. The van der Waals surface area contributed by atoms with Crippen molar-refractivity contribution in [2.24, 2.45) is 17.1 Å². The van der Waals surface area contributed by atoms with Gasteiger partial charge < -0.3 is 10.8 Å². The van der Waals surface area contributed by atoms with Crippen LogP contribution in [-0.4, -0.2) is 17.8 Å². The van der Waals surface area contributed by atoms with E-state index >= 15 is 0 Å². The Morgan fingerprint density at radius 3 is 2.83 bits per heavy atom. The van der Waals surface area contributed by atoms with E-state index in [2.05, 4.69) is 13.5 Å². The summed E-state index contributed by atoms with van der Waals surface area (Å²) in [5.41, 5.74) is 5.65. The van der Waals surface area contributed by atoms with Gasteiger partial charge in [0.05, 0.1) is 6.10 Å². The van der Waals surface area contributed by atoms with Gasteiger partial charge in [0, 0.05) is 12.0 Å². The first-order chi connectivity index (χ1) is 5.67. The number of rotatable bonds is 3. The van der Waals surface area contributed by atoms with E-state index in [9.17, 15) is 5.11 Å². The molecule has 3 unspecified atom stereocenters. The maximum Gasteiger partial charge on any atom is 0.0614 e. The molecule has 12 heavy (non-hydrogen) atoms. The van der Waals surface area contributed by atoms with Crippen molar-refractivity contribution in [3.63, 3.8) is 0 Å². The molecule has 1 saturated carbocycles. The molecule has 0 aromatic carbocycles. The zero-order chi connectivity index (χ0) is 9.19. The van der Waals surface area contributed by atoms with Gasteiger partial charge in [-0.15, -0.1) is 6.58 Å². The molecular formula is C10H19NO. The number of nitrogens with two attached hydrogens (primary N) is 1. The van der Waals surface area contributed by atoms with Gasteiger partial charge in [-0.2, -0.15) is 0 Å². The van der Waals surface area contributed by atoms with Gasteiger partial charge in [-0.25, -0.2) is 0 Å². The van der Waals surface area contributed by atoms with E-state index in [0.29, 0.717) is 12.5 Å². The van der Waals surface area contributed by atoms with E-state index in [4.69, 9.17) is 5.73 Å². The molecule has 1 aliphatic carbocycles. The zero-order valence-corrected chi connectivity index (χ0v) is 7.79. The van der Waals surface area contributed by atoms with Crippen LogP contribution < -0.4 is 5.73 Å². The lowest BCUT2D eigenvalue weighted by atomic mass is 9.73. The summed E-state index contributed by atoms with van der Waals surface area (Å²) in [6, 6.07) is 0. The highest BCUT2D eigenvalue weighted by Crippen LogP contribution is 2.43. The lowest BCUT2D eigenvalue weighted by molar-refractivity contribution is 0.0325. The molecule has 0 aromatic heterocycles. The van der Waals surface area contributed by atoms with Crippen LogP contribution in [0.1, 0.15) is 26.2 Å². The molecule has 0 heterocycles. The highest BCUT2D eigenvalue weighted by atomic mass is 16.3. The Kier molecular flexibility index (Phi) is 2.91. The van der Waals surface area contributed by atoms with Crippen LogP contribution in [0, 0.1) is 11.3 Å².